The molecule has 0 N–H and O–H groups in total. The lowest BCUT2D eigenvalue weighted by Crippen LogP contribution is -2.55. The molecule has 0 aromatic heterocycles. The quantitative estimate of drug-likeness (QED) is 0.778. The van der Waals surface area contributed by atoms with Crippen molar-refractivity contribution >= 4 is 11.6 Å². The third-order valence-electron chi connectivity index (χ3n) is 6.40. The second-order valence-corrected chi connectivity index (χ2v) is 8.43. The van der Waals surface area contributed by atoms with Crippen LogP contribution in [0.3, 0.4) is 0 Å². The van der Waals surface area contributed by atoms with Crippen LogP contribution in [0, 0.1) is 19.7 Å². The number of anilines is 1. The number of aryl methyl sites for hydroxylation is 2. The van der Waals surface area contributed by atoms with E-state index in [-0.39, 0.29) is 23.9 Å². The van der Waals surface area contributed by atoms with Gasteiger partial charge in [0.15, 0.2) is 0 Å². The van der Waals surface area contributed by atoms with Gasteiger partial charge in [0.1, 0.15) is 12.4 Å². The zero-order valence-electron chi connectivity index (χ0n) is 17.3. The summed E-state index contributed by atoms with van der Waals surface area (Å²) in [5.74, 6) is -0.348. The molecule has 2 heterocycles. The van der Waals surface area contributed by atoms with Crippen LogP contribution in [-0.4, -0.2) is 42.6 Å². The normalized spacial score (nSPS) is 23.4. The predicted molar refractivity (Wildman–Crippen MR) is 112 cm³/mol. The summed E-state index contributed by atoms with van der Waals surface area (Å²) >= 11 is 0. The van der Waals surface area contributed by atoms with Crippen LogP contribution in [0.2, 0.25) is 0 Å². The molecule has 4 rings (SSSR count). The van der Waals surface area contributed by atoms with Gasteiger partial charge in [-0.1, -0.05) is 18.2 Å². The molecule has 1 amide bonds. The molecule has 4 nitrogen and oxygen atoms in total. The van der Waals surface area contributed by atoms with Gasteiger partial charge in [-0.05, 0) is 80.6 Å². The van der Waals surface area contributed by atoms with Crippen LogP contribution in [-0.2, 0) is 16.1 Å². The molecule has 0 aliphatic carbocycles. The van der Waals surface area contributed by atoms with E-state index in [1.807, 2.05) is 0 Å². The standard InChI is InChI=1S/C24H29FN2O2/c1-18-5-3-6-19(2)22(18)15-26-13-4-11-24(12-14-26)17-27(23(28)16-29-24)21-9-7-20(25)8-10-21/h3,5-10H,4,11-17H2,1-2H3. The van der Waals surface area contributed by atoms with Gasteiger partial charge in [0.05, 0.1) is 12.1 Å². The number of hydrogen-bond acceptors (Lipinski definition) is 3. The Hall–Kier alpha value is -2.24. The van der Waals surface area contributed by atoms with E-state index in [0.29, 0.717) is 6.54 Å². The highest BCUT2D eigenvalue weighted by Gasteiger charge is 2.41. The lowest BCUT2D eigenvalue weighted by atomic mass is 9.92. The van der Waals surface area contributed by atoms with E-state index >= 15 is 0 Å². The molecule has 2 aromatic rings. The molecule has 1 spiro atoms. The molecule has 2 saturated heterocycles. The second kappa shape index (κ2) is 8.25. The molecular weight excluding hydrogens is 367 g/mol. The Balaban J connectivity index is 1.46. The molecule has 1 atom stereocenters. The molecular formula is C24H29FN2O2. The molecule has 2 aliphatic rings. The highest BCUT2D eigenvalue weighted by atomic mass is 19.1. The number of morpholine rings is 1. The zero-order valence-corrected chi connectivity index (χ0v) is 17.3. The Kier molecular flexibility index (Phi) is 5.70. The average Bonchev–Trinajstić information content (AvgIpc) is 2.90. The number of rotatable bonds is 3. The van der Waals surface area contributed by atoms with E-state index in [4.69, 9.17) is 4.74 Å². The van der Waals surface area contributed by atoms with Gasteiger partial charge in [-0.25, -0.2) is 4.39 Å². The fourth-order valence-corrected chi connectivity index (χ4v) is 4.58. The fraction of sp³-hybridized carbons (Fsp3) is 0.458. The van der Waals surface area contributed by atoms with Gasteiger partial charge in [0.2, 0.25) is 0 Å². The maximum Gasteiger partial charge on any atom is 0.253 e. The lowest BCUT2D eigenvalue weighted by molar-refractivity contribution is -0.140. The van der Waals surface area contributed by atoms with E-state index in [2.05, 4.69) is 36.9 Å². The third kappa shape index (κ3) is 4.36. The Morgan fingerprint density at radius 3 is 2.48 bits per heavy atom. The average molecular weight is 397 g/mol. The number of hydrogen-bond donors (Lipinski definition) is 0. The zero-order chi connectivity index (χ0) is 20.4. The summed E-state index contributed by atoms with van der Waals surface area (Å²) in [6.07, 6.45) is 2.86. The third-order valence-corrected chi connectivity index (χ3v) is 6.40. The van der Waals surface area contributed by atoms with Gasteiger partial charge in [-0.15, -0.1) is 0 Å². The number of likely N-dealkylation sites (tertiary alicyclic amines) is 1. The van der Waals surface area contributed by atoms with Crippen molar-refractivity contribution < 1.29 is 13.9 Å². The van der Waals surface area contributed by atoms with Gasteiger partial charge >= 0.3 is 0 Å². The molecule has 29 heavy (non-hydrogen) atoms. The first-order valence-electron chi connectivity index (χ1n) is 10.4. The van der Waals surface area contributed by atoms with Crippen LogP contribution in [0.25, 0.3) is 0 Å². The molecule has 5 heteroatoms. The SMILES string of the molecule is Cc1cccc(C)c1CN1CCCC2(CC1)CN(c1ccc(F)cc1)C(=O)CO2. The number of carbonyl (C=O) groups excluding carboxylic acids is 1. The molecule has 154 valence electrons. The summed E-state index contributed by atoms with van der Waals surface area (Å²) in [7, 11) is 0. The van der Waals surface area contributed by atoms with Crippen molar-refractivity contribution in [3.8, 4) is 0 Å². The van der Waals surface area contributed by atoms with Crippen molar-refractivity contribution in [3.05, 3.63) is 65.0 Å². The number of benzene rings is 2. The number of ether oxygens (including phenoxy) is 1. The van der Waals surface area contributed by atoms with Crippen LogP contribution < -0.4 is 4.90 Å². The van der Waals surface area contributed by atoms with Crippen molar-refractivity contribution in [2.24, 2.45) is 0 Å². The first-order chi connectivity index (χ1) is 14.0. The molecule has 2 fully saturated rings. The van der Waals surface area contributed by atoms with Crippen LogP contribution in [0.15, 0.2) is 42.5 Å². The molecule has 0 saturated carbocycles. The van der Waals surface area contributed by atoms with Crippen molar-refractivity contribution in [2.75, 3.05) is 31.1 Å². The summed E-state index contributed by atoms with van der Waals surface area (Å²) in [4.78, 5) is 16.7. The van der Waals surface area contributed by atoms with Crippen molar-refractivity contribution in [1.82, 2.24) is 4.90 Å². The number of amides is 1. The van der Waals surface area contributed by atoms with Crippen LogP contribution in [0.4, 0.5) is 10.1 Å². The summed E-state index contributed by atoms with van der Waals surface area (Å²) in [5, 5.41) is 0. The van der Waals surface area contributed by atoms with E-state index in [0.717, 1.165) is 44.6 Å². The summed E-state index contributed by atoms with van der Waals surface area (Å²) in [5.41, 5.74) is 4.52. The van der Waals surface area contributed by atoms with E-state index in [1.165, 1.54) is 28.8 Å². The Labute approximate surface area is 172 Å². The number of halogens is 1. The highest BCUT2D eigenvalue weighted by Crippen LogP contribution is 2.33. The smallest absolute Gasteiger partial charge is 0.253 e. The largest absolute Gasteiger partial charge is 0.363 e. The summed E-state index contributed by atoms with van der Waals surface area (Å²) in [6, 6.07) is 12.6. The lowest BCUT2D eigenvalue weighted by Gasteiger charge is -2.42. The Morgan fingerprint density at radius 1 is 1.03 bits per heavy atom. The fourth-order valence-electron chi connectivity index (χ4n) is 4.58. The topological polar surface area (TPSA) is 32.8 Å². The molecule has 2 aliphatic heterocycles. The Morgan fingerprint density at radius 2 is 1.76 bits per heavy atom. The van der Waals surface area contributed by atoms with E-state index in [1.54, 1.807) is 17.0 Å². The van der Waals surface area contributed by atoms with E-state index < -0.39 is 0 Å². The molecule has 2 aromatic carbocycles. The van der Waals surface area contributed by atoms with Crippen LogP contribution >= 0.6 is 0 Å². The minimum absolute atomic E-state index is 0.0566. The van der Waals surface area contributed by atoms with Gasteiger partial charge < -0.3 is 9.64 Å². The van der Waals surface area contributed by atoms with Crippen molar-refractivity contribution in [3.63, 3.8) is 0 Å². The maximum atomic E-state index is 13.3. The monoisotopic (exact) mass is 396 g/mol. The van der Waals surface area contributed by atoms with E-state index in [9.17, 15) is 9.18 Å². The first-order valence-corrected chi connectivity index (χ1v) is 10.4. The molecule has 1 unspecified atom stereocenters. The summed E-state index contributed by atoms with van der Waals surface area (Å²) in [6.45, 7) is 7.91. The number of nitrogens with zero attached hydrogens (tertiary/aromatic N) is 2. The summed E-state index contributed by atoms with van der Waals surface area (Å²) < 4.78 is 19.4. The minimum atomic E-state index is -0.322. The highest BCUT2D eigenvalue weighted by molar-refractivity contribution is 5.95. The predicted octanol–water partition coefficient (Wildman–Crippen LogP) is 4.23. The Bertz CT molecular complexity index is 863. The first kappa shape index (κ1) is 20.0. The van der Waals surface area contributed by atoms with Gasteiger partial charge in [0, 0.05) is 18.8 Å². The van der Waals surface area contributed by atoms with Crippen LogP contribution in [0.1, 0.15) is 36.0 Å². The minimum Gasteiger partial charge on any atom is -0.363 e. The van der Waals surface area contributed by atoms with Gasteiger partial charge in [-0.3, -0.25) is 9.69 Å². The molecule has 0 radical (unpaired) electrons. The van der Waals surface area contributed by atoms with Gasteiger partial charge in [-0.2, -0.15) is 0 Å². The number of carbonyl (C=O) groups is 1. The van der Waals surface area contributed by atoms with Gasteiger partial charge in [0.25, 0.3) is 5.91 Å². The molecule has 0 bridgehead atoms. The van der Waals surface area contributed by atoms with Crippen LogP contribution in [0.5, 0.6) is 0 Å². The van der Waals surface area contributed by atoms with Crippen molar-refractivity contribution in [1.29, 1.82) is 0 Å². The second-order valence-electron chi connectivity index (χ2n) is 8.43. The maximum absolute atomic E-state index is 13.3. The van der Waals surface area contributed by atoms with Crippen molar-refractivity contribution in [2.45, 2.75) is 45.3 Å².